The number of halogens is 3. The molecule has 0 unspecified atom stereocenters. The molecule has 0 aliphatic heterocycles. The van der Waals surface area contributed by atoms with Gasteiger partial charge in [-0.05, 0) is 19.8 Å². The third-order valence-corrected chi connectivity index (χ3v) is 2.71. The Bertz CT molecular complexity index is 371. The molecule has 0 amide bonds. The summed E-state index contributed by atoms with van der Waals surface area (Å²) in [5, 5.41) is 0. The molecular weight excluding hydrogens is 221 g/mol. The predicted molar refractivity (Wildman–Crippen MR) is 50.0 cm³/mol. The quantitative estimate of drug-likeness (QED) is 0.803. The molecule has 1 aromatic heterocycles. The number of hydrogen-bond acceptors (Lipinski definition) is 3. The summed E-state index contributed by atoms with van der Waals surface area (Å²) in [6.07, 6.45) is -1.12. The third kappa shape index (κ3) is 2.10. The number of hydrogen-bond donors (Lipinski definition) is 0. The Labute approximate surface area is 90.7 Å². The molecule has 0 N–H and O–H groups in total. The zero-order chi connectivity index (χ0) is 11.8. The van der Waals surface area contributed by atoms with Crippen molar-refractivity contribution in [3.05, 3.63) is 18.1 Å². The van der Waals surface area contributed by atoms with E-state index in [1.165, 1.54) is 12.4 Å². The van der Waals surface area contributed by atoms with E-state index in [1.807, 2.05) is 0 Å². The second kappa shape index (κ2) is 3.61. The maximum atomic E-state index is 12.5. The fourth-order valence-electron chi connectivity index (χ4n) is 1.33. The van der Waals surface area contributed by atoms with Crippen molar-refractivity contribution >= 4 is 0 Å². The summed E-state index contributed by atoms with van der Waals surface area (Å²) in [5.74, 6) is 0.140. The van der Waals surface area contributed by atoms with Crippen LogP contribution in [0.1, 0.15) is 18.5 Å². The molecular formula is C10H11F3N2O. The highest BCUT2D eigenvalue weighted by Crippen LogP contribution is 2.57. The molecule has 1 aliphatic rings. The summed E-state index contributed by atoms with van der Waals surface area (Å²) in [5.41, 5.74) is -0.955. The van der Waals surface area contributed by atoms with Gasteiger partial charge in [0.1, 0.15) is 12.0 Å². The molecule has 2 rings (SSSR count). The Morgan fingerprint density at radius 3 is 2.44 bits per heavy atom. The van der Waals surface area contributed by atoms with Gasteiger partial charge in [0.05, 0.1) is 18.1 Å². The van der Waals surface area contributed by atoms with Crippen molar-refractivity contribution in [2.75, 3.05) is 6.61 Å². The maximum absolute atomic E-state index is 12.5. The van der Waals surface area contributed by atoms with Crippen LogP contribution in [0.15, 0.2) is 12.4 Å². The van der Waals surface area contributed by atoms with E-state index < -0.39 is 11.6 Å². The maximum Gasteiger partial charge on any atom is 0.397 e. The van der Waals surface area contributed by atoms with Crippen molar-refractivity contribution in [3.8, 4) is 5.88 Å². The number of aryl methyl sites for hydroxylation is 1. The van der Waals surface area contributed by atoms with Gasteiger partial charge in [-0.15, -0.1) is 0 Å². The largest absolute Gasteiger partial charge is 0.476 e. The van der Waals surface area contributed by atoms with Crippen molar-refractivity contribution in [3.63, 3.8) is 0 Å². The van der Waals surface area contributed by atoms with Crippen LogP contribution in [0.25, 0.3) is 0 Å². The van der Waals surface area contributed by atoms with E-state index in [9.17, 15) is 13.2 Å². The molecule has 1 saturated carbocycles. The summed E-state index contributed by atoms with van der Waals surface area (Å²) >= 11 is 0. The smallest absolute Gasteiger partial charge is 0.397 e. The Balaban J connectivity index is 1.96. The first-order valence-electron chi connectivity index (χ1n) is 4.91. The summed E-state index contributed by atoms with van der Waals surface area (Å²) in [7, 11) is 0. The summed E-state index contributed by atoms with van der Waals surface area (Å²) in [6.45, 7) is 1.38. The zero-order valence-corrected chi connectivity index (χ0v) is 8.71. The van der Waals surface area contributed by atoms with E-state index in [-0.39, 0.29) is 25.3 Å². The standard InChI is InChI=1S/C10H11F3N2O/c1-7-4-15-8(5-14-7)16-6-9(2-3-9)10(11,12)13/h4-5H,2-3,6H2,1H3. The van der Waals surface area contributed by atoms with E-state index in [0.29, 0.717) is 5.69 Å². The van der Waals surface area contributed by atoms with Crippen molar-refractivity contribution in [1.82, 2.24) is 9.97 Å². The highest BCUT2D eigenvalue weighted by Gasteiger charge is 2.63. The monoisotopic (exact) mass is 232 g/mol. The molecule has 88 valence electrons. The normalized spacial score (nSPS) is 18.2. The summed E-state index contributed by atoms with van der Waals surface area (Å²) in [6, 6.07) is 0. The number of aromatic nitrogens is 2. The van der Waals surface area contributed by atoms with Crippen LogP contribution in [0.4, 0.5) is 13.2 Å². The second-order valence-electron chi connectivity index (χ2n) is 4.06. The van der Waals surface area contributed by atoms with Gasteiger partial charge in [-0.1, -0.05) is 0 Å². The lowest BCUT2D eigenvalue weighted by molar-refractivity contribution is -0.194. The van der Waals surface area contributed by atoms with Crippen LogP contribution in [0, 0.1) is 12.3 Å². The van der Waals surface area contributed by atoms with Crippen molar-refractivity contribution in [2.45, 2.75) is 25.9 Å². The van der Waals surface area contributed by atoms with Crippen molar-refractivity contribution in [2.24, 2.45) is 5.41 Å². The van der Waals surface area contributed by atoms with Gasteiger partial charge in [0.15, 0.2) is 0 Å². The second-order valence-corrected chi connectivity index (χ2v) is 4.06. The molecule has 3 nitrogen and oxygen atoms in total. The van der Waals surface area contributed by atoms with Gasteiger partial charge in [-0.2, -0.15) is 13.2 Å². The Morgan fingerprint density at radius 1 is 1.31 bits per heavy atom. The SMILES string of the molecule is Cc1cnc(OCC2(C(F)(F)F)CC2)cn1. The van der Waals surface area contributed by atoms with Gasteiger partial charge in [0, 0.05) is 0 Å². The van der Waals surface area contributed by atoms with Gasteiger partial charge in [-0.25, -0.2) is 4.98 Å². The van der Waals surface area contributed by atoms with E-state index in [1.54, 1.807) is 6.92 Å². The minimum absolute atomic E-state index is 0.135. The van der Waals surface area contributed by atoms with Crippen LogP contribution in [-0.2, 0) is 0 Å². The van der Waals surface area contributed by atoms with Crippen molar-refractivity contribution in [1.29, 1.82) is 0 Å². The molecule has 0 spiro atoms. The minimum Gasteiger partial charge on any atom is -0.476 e. The summed E-state index contributed by atoms with van der Waals surface area (Å²) < 4.78 is 42.7. The fraction of sp³-hybridized carbons (Fsp3) is 0.600. The lowest BCUT2D eigenvalue weighted by Gasteiger charge is -2.18. The van der Waals surface area contributed by atoms with E-state index in [2.05, 4.69) is 9.97 Å². The molecule has 1 fully saturated rings. The zero-order valence-electron chi connectivity index (χ0n) is 8.71. The lowest BCUT2D eigenvalue weighted by atomic mass is 10.1. The van der Waals surface area contributed by atoms with Gasteiger partial charge in [0.2, 0.25) is 5.88 Å². The van der Waals surface area contributed by atoms with Gasteiger partial charge in [-0.3, -0.25) is 4.98 Å². The van der Waals surface area contributed by atoms with E-state index in [0.717, 1.165) is 0 Å². The fourth-order valence-corrected chi connectivity index (χ4v) is 1.33. The minimum atomic E-state index is -4.19. The van der Waals surface area contributed by atoms with Crippen LogP contribution >= 0.6 is 0 Å². The molecule has 0 atom stereocenters. The molecule has 1 heterocycles. The molecule has 16 heavy (non-hydrogen) atoms. The van der Waals surface area contributed by atoms with Crippen LogP contribution in [0.3, 0.4) is 0 Å². The molecule has 1 aromatic rings. The molecule has 0 bridgehead atoms. The molecule has 0 radical (unpaired) electrons. The Hall–Kier alpha value is -1.33. The van der Waals surface area contributed by atoms with Crippen LogP contribution in [0.5, 0.6) is 5.88 Å². The Kier molecular flexibility index (Phi) is 2.52. The highest BCUT2D eigenvalue weighted by molar-refractivity contribution is 5.08. The van der Waals surface area contributed by atoms with E-state index in [4.69, 9.17) is 4.74 Å². The molecule has 0 aromatic carbocycles. The highest BCUT2D eigenvalue weighted by atomic mass is 19.4. The predicted octanol–water partition coefficient (Wildman–Crippen LogP) is 2.51. The first-order chi connectivity index (χ1) is 7.43. The number of rotatable bonds is 3. The summed E-state index contributed by atoms with van der Waals surface area (Å²) in [4.78, 5) is 7.73. The Morgan fingerprint density at radius 2 is 2.00 bits per heavy atom. The average molecular weight is 232 g/mol. The average Bonchev–Trinajstić information content (AvgIpc) is 2.97. The first-order valence-corrected chi connectivity index (χ1v) is 4.91. The number of ether oxygens (including phenoxy) is 1. The lowest BCUT2D eigenvalue weighted by Crippen LogP contribution is -2.30. The first kappa shape index (κ1) is 11.2. The van der Waals surface area contributed by atoms with Crippen LogP contribution < -0.4 is 4.74 Å². The topological polar surface area (TPSA) is 35.0 Å². The molecule has 1 aliphatic carbocycles. The third-order valence-electron chi connectivity index (χ3n) is 2.71. The number of nitrogens with zero attached hydrogens (tertiary/aromatic N) is 2. The molecule has 6 heteroatoms. The molecule has 0 saturated heterocycles. The number of alkyl halides is 3. The van der Waals surface area contributed by atoms with E-state index >= 15 is 0 Å². The van der Waals surface area contributed by atoms with Gasteiger partial charge in [0.25, 0.3) is 0 Å². The van der Waals surface area contributed by atoms with Gasteiger partial charge < -0.3 is 4.74 Å². The van der Waals surface area contributed by atoms with Gasteiger partial charge >= 0.3 is 6.18 Å². The van der Waals surface area contributed by atoms with Crippen molar-refractivity contribution < 1.29 is 17.9 Å². The van der Waals surface area contributed by atoms with Crippen LogP contribution in [-0.4, -0.2) is 22.8 Å². The van der Waals surface area contributed by atoms with Crippen LogP contribution in [0.2, 0.25) is 0 Å².